The van der Waals surface area contributed by atoms with Gasteiger partial charge in [-0.2, -0.15) is 14.9 Å². The number of aliphatic hydroxyl groups excluding tert-OH is 1. The summed E-state index contributed by atoms with van der Waals surface area (Å²) in [5.41, 5.74) is 1.57. The van der Waals surface area contributed by atoms with Crippen LogP contribution < -0.4 is 25.7 Å². The molecule has 0 saturated carbocycles. The molecule has 12 nitrogen and oxygen atoms in total. The maximum Gasteiger partial charge on any atom is 0.350 e. The number of hydrogen-bond acceptors (Lipinski definition) is 8. The van der Waals surface area contributed by atoms with E-state index in [0.717, 1.165) is 17.4 Å². The second-order valence-corrected chi connectivity index (χ2v) is 12.3. The molecule has 1 saturated heterocycles. The van der Waals surface area contributed by atoms with E-state index in [9.17, 15) is 18.7 Å². The molecule has 0 amide bonds. The van der Waals surface area contributed by atoms with E-state index in [1.54, 1.807) is 17.9 Å². The van der Waals surface area contributed by atoms with Crippen molar-refractivity contribution in [2.24, 2.45) is 5.92 Å². The molecule has 4 N–H and O–H groups in total. The number of hydrogen-bond donors (Lipinski definition) is 4. The molecule has 1 aliphatic heterocycles. The highest BCUT2D eigenvalue weighted by molar-refractivity contribution is 5.50. The zero-order valence-electron chi connectivity index (χ0n) is 27.4. The highest BCUT2D eigenvalue weighted by Gasteiger charge is 2.46. The maximum absolute atomic E-state index is 14.9. The number of nitrogens with one attached hydrogen (secondary N) is 3. The lowest BCUT2D eigenvalue weighted by molar-refractivity contribution is -0.764. The van der Waals surface area contributed by atoms with Crippen LogP contribution in [0.2, 0.25) is 0 Å². The first-order valence-corrected chi connectivity index (χ1v) is 16.4. The topological polar surface area (TPSA) is 135 Å². The molecule has 3 heterocycles. The van der Waals surface area contributed by atoms with Crippen LogP contribution in [0.4, 0.5) is 20.2 Å². The summed E-state index contributed by atoms with van der Waals surface area (Å²) in [5, 5.41) is 23.9. The number of benzene rings is 3. The summed E-state index contributed by atoms with van der Waals surface area (Å²) in [6.45, 7) is 5.95. The Bertz CT molecular complexity index is 1860. The highest BCUT2D eigenvalue weighted by atomic mass is 19.1. The molecule has 4 atom stereocenters. The lowest BCUT2D eigenvalue weighted by Gasteiger charge is -2.27. The number of anilines is 2. The van der Waals surface area contributed by atoms with Crippen molar-refractivity contribution < 1.29 is 28.0 Å². The fraction of sp³-hybridized carbons (Fsp3) is 0.371. The van der Waals surface area contributed by atoms with Gasteiger partial charge in [0, 0.05) is 42.0 Å². The Hall–Kier alpha value is -5.08. The molecule has 3 aromatic carbocycles. The maximum atomic E-state index is 14.9. The van der Waals surface area contributed by atoms with Crippen molar-refractivity contribution in [2.75, 3.05) is 36.9 Å². The quantitative estimate of drug-likeness (QED) is 0.0959. The van der Waals surface area contributed by atoms with Gasteiger partial charge in [0.1, 0.15) is 35.9 Å². The molecule has 0 bridgehead atoms. The second kappa shape index (κ2) is 15.0. The van der Waals surface area contributed by atoms with Gasteiger partial charge in [0.25, 0.3) is 0 Å². The molecule has 0 radical (unpaired) electrons. The van der Waals surface area contributed by atoms with E-state index in [-0.39, 0.29) is 17.6 Å². The molecule has 0 spiro atoms. The van der Waals surface area contributed by atoms with Crippen molar-refractivity contribution in [3.05, 3.63) is 113 Å². The molecule has 258 valence electrons. The van der Waals surface area contributed by atoms with Gasteiger partial charge in [0.2, 0.25) is 6.33 Å². The molecule has 14 heteroatoms. The van der Waals surface area contributed by atoms with Crippen LogP contribution in [-0.2, 0) is 16.9 Å². The minimum atomic E-state index is -0.992. The summed E-state index contributed by atoms with van der Waals surface area (Å²) in [7, 11) is 0. The first-order valence-electron chi connectivity index (χ1n) is 16.4. The predicted molar refractivity (Wildman–Crippen MR) is 179 cm³/mol. The molecule has 1 aliphatic rings. The fourth-order valence-corrected chi connectivity index (χ4v) is 6.30. The van der Waals surface area contributed by atoms with E-state index >= 15 is 0 Å². The number of H-pyrrole nitrogens is 1. The van der Waals surface area contributed by atoms with Gasteiger partial charge in [-0.05, 0) is 79.3 Å². The van der Waals surface area contributed by atoms with E-state index < -0.39 is 23.3 Å². The van der Waals surface area contributed by atoms with E-state index in [1.807, 2.05) is 55.5 Å². The highest BCUT2D eigenvalue weighted by Crippen LogP contribution is 2.41. The van der Waals surface area contributed by atoms with Gasteiger partial charge in [-0.1, -0.05) is 13.0 Å². The zero-order valence-corrected chi connectivity index (χ0v) is 27.4. The van der Waals surface area contributed by atoms with Crippen LogP contribution in [0, 0.1) is 17.6 Å². The molecule has 0 aliphatic carbocycles. The number of ether oxygens (including phenoxy) is 2. The zero-order chi connectivity index (χ0) is 34.4. The summed E-state index contributed by atoms with van der Waals surface area (Å²) in [6.07, 6.45) is 5.02. The number of nitrogens with zero attached hydrogens (tertiary/aromatic N) is 5. The first kappa shape index (κ1) is 33.8. The smallest absolute Gasteiger partial charge is 0.350 e. The second-order valence-electron chi connectivity index (χ2n) is 12.3. The SMILES string of the molecule is CC[C@@H]([C@H](C)O)n1ncn(-c2ccc(NCCNc3ccc(OCC4COC(C[n+]5cnc[nH]5)(c5ccc(F)cc5F)C4)cc3)cc2)c1=O. The third kappa shape index (κ3) is 7.81. The van der Waals surface area contributed by atoms with Gasteiger partial charge in [0.05, 0.1) is 31.0 Å². The summed E-state index contributed by atoms with van der Waals surface area (Å²) in [5.74, 6) is -0.578. The first-order chi connectivity index (χ1) is 23.7. The largest absolute Gasteiger partial charge is 0.493 e. The van der Waals surface area contributed by atoms with Gasteiger partial charge in [0.15, 0.2) is 0 Å². The van der Waals surface area contributed by atoms with Crippen LogP contribution >= 0.6 is 0 Å². The van der Waals surface area contributed by atoms with Crippen LogP contribution in [0.1, 0.15) is 38.3 Å². The van der Waals surface area contributed by atoms with E-state index in [1.165, 1.54) is 34.0 Å². The number of aromatic nitrogens is 6. The lowest BCUT2D eigenvalue weighted by atomic mass is 9.87. The number of rotatable bonds is 15. The Morgan fingerprint density at radius 1 is 1.10 bits per heavy atom. The van der Waals surface area contributed by atoms with Gasteiger partial charge in [-0.15, -0.1) is 0 Å². The Morgan fingerprint density at radius 3 is 2.45 bits per heavy atom. The van der Waals surface area contributed by atoms with E-state index in [4.69, 9.17) is 9.47 Å². The average Bonchev–Trinajstić information content (AvgIpc) is 3.85. The van der Waals surface area contributed by atoms with Crippen LogP contribution in [0.25, 0.3) is 5.69 Å². The van der Waals surface area contributed by atoms with Crippen molar-refractivity contribution >= 4 is 11.4 Å². The molecular formula is C35H41F2N8O4+. The van der Waals surface area contributed by atoms with Gasteiger partial charge in [-0.3, -0.25) is 0 Å². The Kier molecular flexibility index (Phi) is 10.3. The number of aromatic amines is 1. The molecule has 5 aromatic rings. The minimum absolute atomic E-state index is 0.00641. The van der Waals surface area contributed by atoms with E-state index in [2.05, 4.69) is 25.8 Å². The fourth-order valence-electron chi connectivity index (χ4n) is 6.30. The van der Waals surface area contributed by atoms with Gasteiger partial charge >= 0.3 is 12.0 Å². The third-order valence-corrected chi connectivity index (χ3v) is 8.82. The van der Waals surface area contributed by atoms with Crippen molar-refractivity contribution in [2.45, 2.75) is 51.0 Å². The van der Waals surface area contributed by atoms with Crippen LogP contribution in [-0.4, -0.2) is 61.9 Å². The van der Waals surface area contributed by atoms with Crippen LogP contribution in [0.15, 0.2) is 90.5 Å². The summed E-state index contributed by atoms with van der Waals surface area (Å²) in [6, 6.07) is 18.4. The normalized spacial score (nSPS) is 18.7. The monoisotopic (exact) mass is 675 g/mol. The van der Waals surface area contributed by atoms with E-state index in [0.29, 0.717) is 62.7 Å². The molecule has 2 unspecified atom stereocenters. The Labute approximate surface area is 282 Å². The number of halogens is 2. The van der Waals surface area contributed by atoms with Crippen molar-refractivity contribution in [3.8, 4) is 11.4 Å². The molecule has 1 fully saturated rings. The summed E-state index contributed by atoms with van der Waals surface area (Å²) >= 11 is 0. The van der Waals surface area contributed by atoms with Crippen molar-refractivity contribution in [1.82, 2.24) is 24.4 Å². The van der Waals surface area contributed by atoms with Crippen LogP contribution in [0.3, 0.4) is 0 Å². The lowest BCUT2D eigenvalue weighted by Crippen LogP contribution is -2.47. The van der Waals surface area contributed by atoms with Crippen LogP contribution in [0.5, 0.6) is 5.75 Å². The van der Waals surface area contributed by atoms with Crippen molar-refractivity contribution in [3.63, 3.8) is 0 Å². The Balaban J connectivity index is 0.965. The van der Waals surface area contributed by atoms with Gasteiger partial charge in [-0.25, -0.2) is 22.8 Å². The molecular weight excluding hydrogens is 634 g/mol. The standard InChI is InChI=1S/C35H40F2N8O4/c1-3-33(24(2)46)45-34(47)44(23-42-45)29-9-5-27(6-10-29)39-14-15-40-28-7-11-30(12-8-28)48-18-25-17-35(49-19-25,20-43-22-38-21-41-43)31-13-4-26(36)16-32(31)37/h4-13,16,21-25,33,39-40,46H,3,14-15,17-20H2,1-2H3/p+1/t24-,25?,33-,35?/m0/s1. The third-order valence-electron chi connectivity index (χ3n) is 8.82. The Morgan fingerprint density at radius 2 is 1.82 bits per heavy atom. The van der Waals surface area contributed by atoms with Crippen molar-refractivity contribution in [1.29, 1.82) is 0 Å². The molecule has 2 aromatic heterocycles. The molecule has 6 rings (SSSR count). The minimum Gasteiger partial charge on any atom is -0.493 e. The summed E-state index contributed by atoms with van der Waals surface area (Å²) < 4.78 is 45.4. The average molecular weight is 676 g/mol. The molecule has 49 heavy (non-hydrogen) atoms. The summed E-state index contributed by atoms with van der Waals surface area (Å²) in [4.78, 5) is 16.9. The predicted octanol–water partition coefficient (Wildman–Crippen LogP) is 4.19. The van der Waals surface area contributed by atoms with Gasteiger partial charge < -0.3 is 25.2 Å². The number of aliphatic hydroxyl groups is 1.